The normalized spacial score (nSPS) is 9.88. The Balaban J connectivity index is 2.09. The van der Waals surface area contributed by atoms with Crippen molar-refractivity contribution in [1.82, 2.24) is 0 Å². The van der Waals surface area contributed by atoms with E-state index in [4.69, 9.17) is 9.78 Å². The SMILES string of the molecule is Cc1ccccc1OOc1ccccc1C. The summed E-state index contributed by atoms with van der Waals surface area (Å²) in [5, 5.41) is 0. The minimum Gasteiger partial charge on any atom is -0.290 e. The van der Waals surface area contributed by atoms with Crippen LogP contribution in [0.25, 0.3) is 0 Å². The molecule has 0 amide bonds. The van der Waals surface area contributed by atoms with Gasteiger partial charge in [0.05, 0.1) is 0 Å². The van der Waals surface area contributed by atoms with Crippen LogP contribution in [0.4, 0.5) is 0 Å². The third-order valence-electron chi connectivity index (χ3n) is 2.41. The lowest BCUT2D eigenvalue weighted by Crippen LogP contribution is -2.02. The zero-order valence-corrected chi connectivity index (χ0v) is 9.44. The Morgan fingerprint density at radius 3 is 1.38 bits per heavy atom. The Morgan fingerprint density at radius 2 is 1.00 bits per heavy atom. The lowest BCUT2D eigenvalue weighted by molar-refractivity contribution is -0.101. The van der Waals surface area contributed by atoms with Gasteiger partial charge in [0.1, 0.15) is 0 Å². The predicted octanol–water partition coefficient (Wildman–Crippen LogP) is 3.68. The summed E-state index contributed by atoms with van der Waals surface area (Å²) in [7, 11) is 0. The van der Waals surface area contributed by atoms with Crippen molar-refractivity contribution in [1.29, 1.82) is 0 Å². The van der Waals surface area contributed by atoms with Crippen molar-refractivity contribution in [2.24, 2.45) is 0 Å². The highest BCUT2D eigenvalue weighted by molar-refractivity contribution is 5.33. The van der Waals surface area contributed by atoms with Crippen LogP contribution in [0, 0.1) is 13.8 Å². The lowest BCUT2D eigenvalue weighted by atomic mass is 10.2. The van der Waals surface area contributed by atoms with Crippen LogP contribution >= 0.6 is 0 Å². The predicted molar refractivity (Wildman–Crippen MR) is 63.6 cm³/mol. The molecule has 16 heavy (non-hydrogen) atoms. The number of aryl methyl sites for hydroxylation is 2. The molecule has 2 heteroatoms. The van der Waals surface area contributed by atoms with Crippen molar-refractivity contribution < 1.29 is 9.78 Å². The van der Waals surface area contributed by atoms with Crippen LogP contribution in [0.2, 0.25) is 0 Å². The molecule has 0 saturated heterocycles. The van der Waals surface area contributed by atoms with Gasteiger partial charge in [-0.05, 0) is 37.1 Å². The molecule has 0 heterocycles. The Bertz CT molecular complexity index is 432. The third-order valence-corrected chi connectivity index (χ3v) is 2.41. The smallest absolute Gasteiger partial charge is 0.181 e. The van der Waals surface area contributed by atoms with E-state index in [1.807, 2.05) is 62.4 Å². The molecule has 0 aliphatic carbocycles. The molecule has 0 aliphatic rings. The molecule has 82 valence electrons. The first-order valence-electron chi connectivity index (χ1n) is 5.23. The van der Waals surface area contributed by atoms with E-state index in [0.29, 0.717) is 0 Å². The highest BCUT2D eigenvalue weighted by Crippen LogP contribution is 2.20. The van der Waals surface area contributed by atoms with E-state index in [1.165, 1.54) is 0 Å². The largest absolute Gasteiger partial charge is 0.290 e. The second kappa shape index (κ2) is 4.71. The molecule has 0 spiro atoms. The number of hydrogen-bond donors (Lipinski definition) is 0. The number of hydrogen-bond acceptors (Lipinski definition) is 2. The molecule has 2 rings (SSSR count). The molecule has 2 aromatic carbocycles. The van der Waals surface area contributed by atoms with Gasteiger partial charge >= 0.3 is 0 Å². The molecule has 2 nitrogen and oxygen atoms in total. The maximum absolute atomic E-state index is 5.30. The van der Waals surface area contributed by atoms with Gasteiger partial charge < -0.3 is 0 Å². The minimum atomic E-state index is 0.741. The highest BCUT2D eigenvalue weighted by Gasteiger charge is 2.02. The van der Waals surface area contributed by atoms with Gasteiger partial charge in [-0.1, -0.05) is 36.4 Å². The minimum absolute atomic E-state index is 0.741. The van der Waals surface area contributed by atoms with E-state index < -0.39 is 0 Å². The van der Waals surface area contributed by atoms with Gasteiger partial charge in [0.2, 0.25) is 0 Å². The van der Waals surface area contributed by atoms with Gasteiger partial charge in [0.25, 0.3) is 0 Å². The van der Waals surface area contributed by atoms with Gasteiger partial charge in [-0.3, -0.25) is 9.78 Å². The fraction of sp³-hybridized carbons (Fsp3) is 0.143. The van der Waals surface area contributed by atoms with Crippen molar-refractivity contribution in [3.05, 3.63) is 59.7 Å². The molecule has 0 unspecified atom stereocenters. The van der Waals surface area contributed by atoms with Crippen molar-refractivity contribution in [2.45, 2.75) is 13.8 Å². The molecular weight excluding hydrogens is 200 g/mol. The Morgan fingerprint density at radius 1 is 0.625 bits per heavy atom. The number of benzene rings is 2. The Labute approximate surface area is 95.4 Å². The first-order chi connectivity index (χ1) is 7.77. The first kappa shape index (κ1) is 10.6. The fourth-order valence-corrected chi connectivity index (χ4v) is 1.39. The van der Waals surface area contributed by atoms with E-state index in [1.54, 1.807) is 0 Å². The van der Waals surface area contributed by atoms with Crippen molar-refractivity contribution >= 4 is 0 Å². The molecule has 0 saturated carbocycles. The van der Waals surface area contributed by atoms with Gasteiger partial charge in [-0.2, -0.15) is 0 Å². The van der Waals surface area contributed by atoms with Crippen LogP contribution < -0.4 is 9.78 Å². The summed E-state index contributed by atoms with van der Waals surface area (Å²) in [5.74, 6) is 1.48. The second-order valence-corrected chi connectivity index (χ2v) is 3.70. The van der Waals surface area contributed by atoms with Gasteiger partial charge in [0.15, 0.2) is 11.5 Å². The van der Waals surface area contributed by atoms with Crippen LogP contribution in [-0.4, -0.2) is 0 Å². The molecule has 2 aromatic rings. The molecule has 0 atom stereocenters. The maximum atomic E-state index is 5.30. The van der Waals surface area contributed by atoms with Crippen LogP contribution in [-0.2, 0) is 0 Å². The lowest BCUT2D eigenvalue weighted by Gasteiger charge is -2.09. The molecule has 0 aromatic heterocycles. The maximum Gasteiger partial charge on any atom is 0.181 e. The molecule has 0 aliphatic heterocycles. The monoisotopic (exact) mass is 214 g/mol. The molecular formula is C14H14O2. The third kappa shape index (κ3) is 2.34. The summed E-state index contributed by atoms with van der Waals surface area (Å²) in [6.45, 7) is 3.97. The Kier molecular flexibility index (Phi) is 3.10. The summed E-state index contributed by atoms with van der Waals surface area (Å²) in [5.41, 5.74) is 2.10. The molecule has 0 fully saturated rings. The number of para-hydroxylation sites is 2. The van der Waals surface area contributed by atoms with Crippen LogP contribution in [0.1, 0.15) is 11.1 Å². The van der Waals surface area contributed by atoms with Gasteiger partial charge in [-0.25, -0.2) is 0 Å². The van der Waals surface area contributed by atoms with E-state index in [0.717, 1.165) is 22.6 Å². The average molecular weight is 214 g/mol. The summed E-state index contributed by atoms with van der Waals surface area (Å²) in [6, 6.07) is 15.5. The summed E-state index contributed by atoms with van der Waals surface area (Å²) < 4.78 is 0. The van der Waals surface area contributed by atoms with Crippen molar-refractivity contribution in [3.8, 4) is 11.5 Å². The summed E-state index contributed by atoms with van der Waals surface area (Å²) in [6.07, 6.45) is 0. The highest BCUT2D eigenvalue weighted by atomic mass is 17.2. The van der Waals surface area contributed by atoms with E-state index in [-0.39, 0.29) is 0 Å². The number of rotatable bonds is 3. The quantitative estimate of drug-likeness (QED) is 0.573. The fourth-order valence-electron chi connectivity index (χ4n) is 1.39. The molecule has 0 N–H and O–H groups in total. The first-order valence-corrected chi connectivity index (χ1v) is 5.23. The average Bonchev–Trinajstić information content (AvgIpc) is 2.30. The van der Waals surface area contributed by atoms with Crippen LogP contribution in [0.5, 0.6) is 11.5 Å². The molecule has 0 radical (unpaired) electrons. The van der Waals surface area contributed by atoms with E-state index in [9.17, 15) is 0 Å². The topological polar surface area (TPSA) is 18.5 Å². The van der Waals surface area contributed by atoms with E-state index >= 15 is 0 Å². The summed E-state index contributed by atoms with van der Waals surface area (Å²) >= 11 is 0. The zero-order valence-electron chi connectivity index (χ0n) is 9.44. The Hall–Kier alpha value is -1.96. The second-order valence-electron chi connectivity index (χ2n) is 3.70. The zero-order chi connectivity index (χ0) is 11.4. The molecule has 0 bridgehead atoms. The van der Waals surface area contributed by atoms with Gasteiger partial charge in [-0.15, -0.1) is 0 Å². The van der Waals surface area contributed by atoms with Crippen LogP contribution in [0.15, 0.2) is 48.5 Å². The van der Waals surface area contributed by atoms with Gasteiger partial charge in [0, 0.05) is 0 Å². The summed E-state index contributed by atoms with van der Waals surface area (Å²) in [4.78, 5) is 10.6. The van der Waals surface area contributed by atoms with E-state index in [2.05, 4.69) is 0 Å². The van der Waals surface area contributed by atoms with Crippen molar-refractivity contribution in [3.63, 3.8) is 0 Å². The van der Waals surface area contributed by atoms with Crippen molar-refractivity contribution in [2.75, 3.05) is 0 Å². The standard InChI is InChI=1S/C14H14O2/c1-11-7-3-5-9-13(11)15-16-14-10-6-4-8-12(14)2/h3-10H,1-2H3. The van der Waals surface area contributed by atoms with Crippen LogP contribution in [0.3, 0.4) is 0 Å².